The standard InChI is InChI=1S/C58H95NO13/c1-3-5-7-8-9-10-11-12-13-14-15-16-17-18-19-20-21-22-23-24-25-26-27-28-29-30-31-32-33-34-35-36-37-38-40-42-50(63)59-46(47(62)41-39-6-4-2)45-69-57-55(68)53(66)56(49(44-61)71-57)72-58-54(67)52(65)51(64)48(43-60)70-58/h5,7,9-10,12-13,15-16,18-19,21-22,24-25,27-28,30-31,46-49,51-58,60-62,64-68H,3-4,6,8,11,14,17,20,23,26,29,32-45H2,1-2H3,(H,59,63)/b7-5-,10-9-,13-12-,16-15-,19-18-,22-21-,25-24-,28-27-,31-30-. The first-order valence-corrected chi connectivity index (χ1v) is 27.1. The van der Waals surface area contributed by atoms with Crippen LogP contribution in [0.5, 0.6) is 0 Å². The zero-order valence-corrected chi connectivity index (χ0v) is 43.6. The smallest absolute Gasteiger partial charge is 0.220 e. The molecule has 2 fully saturated rings. The molecular formula is C58H95NO13. The molecule has 2 aliphatic rings. The summed E-state index contributed by atoms with van der Waals surface area (Å²) in [5.41, 5.74) is 0. The highest BCUT2D eigenvalue weighted by atomic mass is 16.7. The van der Waals surface area contributed by atoms with Crippen LogP contribution in [0.25, 0.3) is 0 Å². The van der Waals surface area contributed by atoms with Gasteiger partial charge in [0.05, 0.1) is 32.0 Å². The normalized spacial score (nSPS) is 26.5. The van der Waals surface area contributed by atoms with Crippen molar-refractivity contribution in [2.45, 2.75) is 229 Å². The van der Waals surface area contributed by atoms with Crippen molar-refractivity contribution >= 4 is 5.91 Å². The second-order valence-electron chi connectivity index (χ2n) is 18.6. The number of aliphatic hydroxyl groups is 8. The third kappa shape index (κ3) is 28.9. The Labute approximate surface area is 432 Å². The summed E-state index contributed by atoms with van der Waals surface area (Å²) in [5.74, 6) is -0.237. The second-order valence-corrected chi connectivity index (χ2v) is 18.6. The molecule has 410 valence electrons. The second kappa shape index (κ2) is 42.9. The summed E-state index contributed by atoms with van der Waals surface area (Å²) in [4.78, 5) is 13.0. The van der Waals surface area contributed by atoms with Crippen molar-refractivity contribution in [3.05, 3.63) is 109 Å². The van der Waals surface area contributed by atoms with Crippen LogP contribution in [0.1, 0.15) is 155 Å². The van der Waals surface area contributed by atoms with E-state index in [2.05, 4.69) is 122 Å². The van der Waals surface area contributed by atoms with E-state index in [1.54, 1.807) is 0 Å². The predicted molar refractivity (Wildman–Crippen MR) is 285 cm³/mol. The van der Waals surface area contributed by atoms with E-state index in [4.69, 9.17) is 18.9 Å². The topological polar surface area (TPSA) is 228 Å². The third-order valence-corrected chi connectivity index (χ3v) is 12.5. The lowest BCUT2D eigenvalue weighted by Gasteiger charge is -2.46. The summed E-state index contributed by atoms with van der Waals surface area (Å²) in [7, 11) is 0. The van der Waals surface area contributed by atoms with Crippen LogP contribution in [-0.2, 0) is 23.7 Å². The number of rotatable bonds is 40. The van der Waals surface area contributed by atoms with Gasteiger partial charge in [0.1, 0.15) is 48.8 Å². The highest BCUT2D eigenvalue weighted by Crippen LogP contribution is 2.30. The minimum absolute atomic E-state index is 0.237. The van der Waals surface area contributed by atoms with Gasteiger partial charge in [-0.1, -0.05) is 175 Å². The quantitative estimate of drug-likeness (QED) is 0.0209. The van der Waals surface area contributed by atoms with E-state index in [0.717, 1.165) is 116 Å². The van der Waals surface area contributed by atoms with E-state index < -0.39 is 86.8 Å². The number of hydrogen-bond acceptors (Lipinski definition) is 13. The number of hydrogen-bond donors (Lipinski definition) is 9. The molecule has 0 saturated carbocycles. The van der Waals surface area contributed by atoms with E-state index in [9.17, 15) is 45.6 Å². The fraction of sp³-hybridized carbons (Fsp3) is 0.672. The highest BCUT2D eigenvalue weighted by Gasteiger charge is 2.51. The van der Waals surface area contributed by atoms with Crippen LogP contribution < -0.4 is 5.32 Å². The van der Waals surface area contributed by atoms with Crippen molar-refractivity contribution in [2.75, 3.05) is 19.8 Å². The van der Waals surface area contributed by atoms with Crippen molar-refractivity contribution in [2.24, 2.45) is 0 Å². The Balaban J connectivity index is 1.56. The Bertz CT molecular complexity index is 1620. The molecule has 1 amide bonds. The first kappa shape index (κ1) is 64.8. The molecule has 0 aromatic carbocycles. The molecule has 0 radical (unpaired) electrons. The van der Waals surface area contributed by atoms with Crippen molar-refractivity contribution in [3.8, 4) is 0 Å². The van der Waals surface area contributed by atoms with Gasteiger partial charge in [-0.25, -0.2) is 0 Å². The highest BCUT2D eigenvalue weighted by molar-refractivity contribution is 5.76. The number of carbonyl (C=O) groups excluding carboxylic acids is 1. The minimum Gasteiger partial charge on any atom is -0.394 e. The molecule has 14 nitrogen and oxygen atoms in total. The fourth-order valence-electron chi connectivity index (χ4n) is 8.11. The average Bonchev–Trinajstić information content (AvgIpc) is 3.38. The van der Waals surface area contributed by atoms with Crippen LogP contribution in [0, 0.1) is 0 Å². The summed E-state index contributed by atoms with van der Waals surface area (Å²) in [5, 5.41) is 86.1. The maximum Gasteiger partial charge on any atom is 0.220 e. The van der Waals surface area contributed by atoms with Gasteiger partial charge in [-0.3, -0.25) is 4.79 Å². The van der Waals surface area contributed by atoms with Crippen LogP contribution in [0.4, 0.5) is 0 Å². The molecule has 12 atom stereocenters. The number of carbonyl (C=O) groups is 1. The Morgan fingerprint density at radius 1 is 0.514 bits per heavy atom. The number of unbranched alkanes of at least 4 members (excludes halogenated alkanes) is 9. The Morgan fingerprint density at radius 3 is 1.44 bits per heavy atom. The molecule has 2 saturated heterocycles. The molecular weight excluding hydrogens is 919 g/mol. The predicted octanol–water partition coefficient (Wildman–Crippen LogP) is 8.10. The van der Waals surface area contributed by atoms with E-state index in [-0.39, 0.29) is 18.9 Å². The number of amides is 1. The van der Waals surface area contributed by atoms with Gasteiger partial charge >= 0.3 is 0 Å². The molecule has 2 heterocycles. The fourth-order valence-corrected chi connectivity index (χ4v) is 8.11. The Hall–Kier alpha value is -3.35. The average molecular weight is 1010 g/mol. The van der Waals surface area contributed by atoms with Crippen LogP contribution in [0.2, 0.25) is 0 Å². The van der Waals surface area contributed by atoms with Crippen molar-refractivity contribution in [3.63, 3.8) is 0 Å². The molecule has 12 unspecified atom stereocenters. The lowest BCUT2D eigenvalue weighted by molar-refractivity contribution is -0.359. The zero-order chi connectivity index (χ0) is 52.4. The summed E-state index contributed by atoms with van der Waals surface area (Å²) >= 11 is 0. The van der Waals surface area contributed by atoms with Crippen LogP contribution in [-0.4, -0.2) is 140 Å². The third-order valence-electron chi connectivity index (χ3n) is 12.5. The summed E-state index contributed by atoms with van der Waals surface area (Å²) in [6.07, 6.45) is 43.6. The van der Waals surface area contributed by atoms with E-state index >= 15 is 0 Å². The van der Waals surface area contributed by atoms with Crippen LogP contribution in [0.3, 0.4) is 0 Å². The number of ether oxygens (including phenoxy) is 4. The van der Waals surface area contributed by atoms with Crippen molar-refractivity contribution < 1.29 is 64.6 Å². The van der Waals surface area contributed by atoms with Gasteiger partial charge in [0.2, 0.25) is 5.91 Å². The van der Waals surface area contributed by atoms with Crippen LogP contribution in [0.15, 0.2) is 109 Å². The minimum atomic E-state index is -1.79. The summed E-state index contributed by atoms with van der Waals surface area (Å²) < 4.78 is 22.5. The van der Waals surface area contributed by atoms with Gasteiger partial charge in [-0.15, -0.1) is 0 Å². The molecule has 2 rings (SSSR count). The maximum absolute atomic E-state index is 13.0. The molecule has 0 bridgehead atoms. The van der Waals surface area contributed by atoms with Gasteiger partial charge in [0.25, 0.3) is 0 Å². The number of allylic oxidation sites excluding steroid dienone is 18. The van der Waals surface area contributed by atoms with Crippen molar-refractivity contribution in [1.29, 1.82) is 0 Å². The number of nitrogens with one attached hydrogen (secondary N) is 1. The largest absolute Gasteiger partial charge is 0.394 e. The molecule has 2 aliphatic heterocycles. The lowest BCUT2D eigenvalue weighted by Crippen LogP contribution is -2.65. The van der Waals surface area contributed by atoms with Crippen LogP contribution >= 0.6 is 0 Å². The monoisotopic (exact) mass is 1010 g/mol. The van der Waals surface area contributed by atoms with E-state index in [0.29, 0.717) is 12.8 Å². The molecule has 14 heteroatoms. The van der Waals surface area contributed by atoms with E-state index in [1.807, 2.05) is 6.92 Å². The van der Waals surface area contributed by atoms with Gasteiger partial charge in [0.15, 0.2) is 12.6 Å². The molecule has 9 N–H and O–H groups in total. The number of aliphatic hydroxyl groups excluding tert-OH is 8. The molecule has 0 spiro atoms. The lowest BCUT2D eigenvalue weighted by atomic mass is 9.97. The van der Waals surface area contributed by atoms with Gasteiger partial charge in [-0.05, 0) is 83.5 Å². The Kier molecular flexibility index (Phi) is 38.6. The molecule has 72 heavy (non-hydrogen) atoms. The van der Waals surface area contributed by atoms with Gasteiger partial charge < -0.3 is 65.1 Å². The SMILES string of the molecule is CC/C=C\C/C=C\C/C=C\C/C=C\C/C=C\C/C=C\C/C=C\C/C=C\C/C=C\CCCCCCCCCC(=O)NC(COC1OC(CO)C(OC2OC(CO)C(O)C(O)C2O)C(O)C1O)C(O)CCCCC. The van der Waals surface area contributed by atoms with E-state index in [1.165, 1.54) is 6.42 Å². The van der Waals surface area contributed by atoms with Gasteiger partial charge in [0, 0.05) is 6.42 Å². The van der Waals surface area contributed by atoms with Crippen molar-refractivity contribution in [1.82, 2.24) is 5.32 Å². The summed E-state index contributed by atoms with van der Waals surface area (Å²) in [6, 6.07) is -0.838. The Morgan fingerprint density at radius 2 is 0.958 bits per heavy atom. The molecule has 0 aromatic heterocycles. The van der Waals surface area contributed by atoms with Gasteiger partial charge in [-0.2, -0.15) is 0 Å². The molecule has 0 aromatic rings. The molecule has 0 aliphatic carbocycles. The summed E-state index contributed by atoms with van der Waals surface area (Å²) in [6.45, 7) is 2.52. The first-order valence-electron chi connectivity index (χ1n) is 27.1. The zero-order valence-electron chi connectivity index (χ0n) is 43.6. The first-order chi connectivity index (χ1) is 35.1. The maximum atomic E-state index is 13.0.